The van der Waals surface area contributed by atoms with E-state index in [1.165, 1.54) is 0 Å². The summed E-state index contributed by atoms with van der Waals surface area (Å²) in [5, 5.41) is 0.660. The molecule has 0 spiro atoms. The van der Waals surface area contributed by atoms with E-state index < -0.39 is 6.29 Å². The van der Waals surface area contributed by atoms with E-state index in [4.69, 9.17) is 21.1 Å². The van der Waals surface area contributed by atoms with Crippen molar-refractivity contribution < 1.29 is 14.3 Å². The maximum Gasteiger partial charge on any atom is 0.210 e. The summed E-state index contributed by atoms with van der Waals surface area (Å²) in [7, 11) is 0. The van der Waals surface area contributed by atoms with Crippen LogP contribution in [0.5, 0.6) is 0 Å². The molecule has 2 aliphatic heterocycles. The number of benzene rings is 1. The molecule has 0 radical (unpaired) electrons. The van der Waals surface area contributed by atoms with Crippen LogP contribution in [0.1, 0.15) is 18.4 Å². The van der Waals surface area contributed by atoms with Crippen LogP contribution in [-0.4, -0.2) is 18.7 Å². The van der Waals surface area contributed by atoms with Gasteiger partial charge in [0.25, 0.3) is 0 Å². The van der Waals surface area contributed by atoms with E-state index in [2.05, 4.69) is 0 Å². The third-order valence-electron chi connectivity index (χ3n) is 3.28. The van der Waals surface area contributed by atoms with Gasteiger partial charge >= 0.3 is 0 Å². The number of hydrogen-bond donors (Lipinski definition) is 0. The van der Waals surface area contributed by atoms with Crippen molar-refractivity contribution in [2.75, 3.05) is 6.61 Å². The molecule has 0 bridgehead atoms. The summed E-state index contributed by atoms with van der Waals surface area (Å²) in [6, 6.07) is 7.23. The van der Waals surface area contributed by atoms with Crippen LogP contribution in [0.15, 0.2) is 30.3 Å². The van der Waals surface area contributed by atoms with Crippen molar-refractivity contribution in [3.63, 3.8) is 0 Å². The predicted octanol–water partition coefficient (Wildman–Crippen LogP) is 3.03. The fraction of sp³-hybridized carbons (Fsp3) is 0.357. The van der Waals surface area contributed by atoms with Gasteiger partial charge in [-0.2, -0.15) is 0 Å². The molecule has 1 aromatic rings. The summed E-state index contributed by atoms with van der Waals surface area (Å²) in [4.78, 5) is 12.0. The molecule has 3 nitrogen and oxygen atoms in total. The van der Waals surface area contributed by atoms with Crippen molar-refractivity contribution in [3.8, 4) is 0 Å². The average molecular weight is 265 g/mol. The number of ketones is 1. The fourth-order valence-electron chi connectivity index (χ4n) is 2.31. The molecule has 2 heterocycles. The van der Waals surface area contributed by atoms with Gasteiger partial charge < -0.3 is 9.47 Å². The standard InChI is InChI=1S/C14H13ClO3/c15-10-5-3-9(4-6-10)13-8-12(16)11-2-1-7-17-14(11)18-13/h3-6,8,11,14H,1-2,7H2/t11-,14+/m0/s1. The minimum Gasteiger partial charge on any atom is -0.463 e. The fourth-order valence-corrected chi connectivity index (χ4v) is 2.43. The van der Waals surface area contributed by atoms with Crippen molar-refractivity contribution in [1.82, 2.24) is 0 Å². The van der Waals surface area contributed by atoms with E-state index in [1.54, 1.807) is 18.2 Å². The average Bonchev–Trinajstić information content (AvgIpc) is 2.39. The lowest BCUT2D eigenvalue weighted by atomic mass is 9.92. The molecule has 0 unspecified atom stereocenters. The summed E-state index contributed by atoms with van der Waals surface area (Å²) in [5.41, 5.74) is 0.848. The van der Waals surface area contributed by atoms with Crippen LogP contribution < -0.4 is 0 Å². The number of fused-ring (bicyclic) bond motifs is 1. The number of ether oxygens (including phenoxy) is 2. The second-order valence-corrected chi connectivity index (χ2v) is 4.96. The Balaban J connectivity index is 1.89. The first kappa shape index (κ1) is 11.8. The first-order chi connectivity index (χ1) is 8.74. The lowest BCUT2D eigenvalue weighted by Crippen LogP contribution is -2.38. The van der Waals surface area contributed by atoms with Crippen LogP contribution in [0.3, 0.4) is 0 Å². The highest BCUT2D eigenvalue weighted by atomic mass is 35.5. The Labute approximate surface area is 110 Å². The molecule has 0 aliphatic carbocycles. The van der Waals surface area contributed by atoms with E-state index in [0.717, 1.165) is 18.4 Å². The molecule has 1 fully saturated rings. The molecule has 3 rings (SSSR count). The molecule has 0 amide bonds. The molecule has 1 saturated heterocycles. The number of rotatable bonds is 1. The molecule has 0 aromatic heterocycles. The third-order valence-corrected chi connectivity index (χ3v) is 3.53. The monoisotopic (exact) mass is 264 g/mol. The van der Waals surface area contributed by atoms with Crippen molar-refractivity contribution in [2.24, 2.45) is 5.92 Å². The molecular formula is C14H13ClO3. The zero-order valence-corrected chi connectivity index (χ0v) is 10.5. The van der Waals surface area contributed by atoms with E-state index in [-0.39, 0.29) is 11.7 Å². The van der Waals surface area contributed by atoms with E-state index in [0.29, 0.717) is 17.4 Å². The maximum absolute atomic E-state index is 12.0. The van der Waals surface area contributed by atoms with Crippen LogP contribution in [0.2, 0.25) is 5.02 Å². The van der Waals surface area contributed by atoms with Gasteiger partial charge in [0, 0.05) is 16.7 Å². The highest BCUT2D eigenvalue weighted by Crippen LogP contribution is 2.33. The van der Waals surface area contributed by atoms with E-state index >= 15 is 0 Å². The first-order valence-electron chi connectivity index (χ1n) is 6.04. The smallest absolute Gasteiger partial charge is 0.210 e. The van der Waals surface area contributed by atoms with Crippen LogP contribution in [0.4, 0.5) is 0 Å². The second kappa shape index (κ2) is 4.75. The first-order valence-corrected chi connectivity index (χ1v) is 6.41. The molecular weight excluding hydrogens is 252 g/mol. The normalized spacial score (nSPS) is 27.2. The minimum atomic E-state index is -0.429. The molecule has 94 valence electrons. The summed E-state index contributed by atoms with van der Waals surface area (Å²) in [6.45, 7) is 0.655. The molecule has 0 saturated carbocycles. The molecule has 0 N–H and O–H groups in total. The predicted molar refractivity (Wildman–Crippen MR) is 68.0 cm³/mol. The van der Waals surface area contributed by atoms with Gasteiger partial charge in [-0.15, -0.1) is 0 Å². The second-order valence-electron chi connectivity index (χ2n) is 4.52. The minimum absolute atomic E-state index is 0.0934. The van der Waals surface area contributed by atoms with Crippen molar-refractivity contribution in [1.29, 1.82) is 0 Å². The summed E-state index contributed by atoms with van der Waals surface area (Å²) in [5.74, 6) is 0.519. The highest BCUT2D eigenvalue weighted by Gasteiger charge is 2.36. The van der Waals surface area contributed by atoms with Gasteiger partial charge in [0.05, 0.1) is 12.5 Å². The maximum atomic E-state index is 12.0. The third kappa shape index (κ3) is 2.16. The lowest BCUT2D eigenvalue weighted by molar-refractivity contribution is -0.169. The Morgan fingerprint density at radius 3 is 2.78 bits per heavy atom. The van der Waals surface area contributed by atoms with Gasteiger partial charge in [0.15, 0.2) is 5.78 Å². The SMILES string of the molecule is O=C1C=C(c2ccc(Cl)cc2)O[C@H]2OCCC[C@@H]12. The van der Waals surface area contributed by atoms with Gasteiger partial charge in [0.2, 0.25) is 6.29 Å². The van der Waals surface area contributed by atoms with E-state index in [1.807, 2.05) is 12.1 Å². The van der Waals surface area contributed by atoms with Gasteiger partial charge in [-0.3, -0.25) is 4.79 Å². The number of carbonyl (C=O) groups excluding carboxylic acids is 1. The van der Waals surface area contributed by atoms with Crippen molar-refractivity contribution in [2.45, 2.75) is 19.1 Å². The molecule has 18 heavy (non-hydrogen) atoms. The van der Waals surface area contributed by atoms with Gasteiger partial charge in [0.1, 0.15) is 5.76 Å². The summed E-state index contributed by atoms with van der Waals surface area (Å²) < 4.78 is 11.3. The van der Waals surface area contributed by atoms with E-state index in [9.17, 15) is 4.79 Å². The molecule has 1 aromatic carbocycles. The van der Waals surface area contributed by atoms with Crippen molar-refractivity contribution in [3.05, 3.63) is 40.9 Å². The lowest BCUT2D eigenvalue weighted by Gasteiger charge is -2.34. The summed E-state index contributed by atoms with van der Waals surface area (Å²) >= 11 is 5.84. The van der Waals surface area contributed by atoms with Crippen LogP contribution in [-0.2, 0) is 14.3 Å². The van der Waals surface area contributed by atoms with Gasteiger partial charge in [-0.1, -0.05) is 11.6 Å². The zero-order valence-electron chi connectivity index (χ0n) is 9.77. The highest BCUT2D eigenvalue weighted by molar-refractivity contribution is 6.30. The molecule has 2 atom stereocenters. The van der Waals surface area contributed by atoms with Crippen LogP contribution in [0.25, 0.3) is 5.76 Å². The molecule has 4 heteroatoms. The Morgan fingerprint density at radius 1 is 1.22 bits per heavy atom. The van der Waals surface area contributed by atoms with Crippen molar-refractivity contribution >= 4 is 23.1 Å². The van der Waals surface area contributed by atoms with Crippen LogP contribution in [0, 0.1) is 5.92 Å². The van der Waals surface area contributed by atoms with Gasteiger partial charge in [-0.25, -0.2) is 0 Å². The number of allylic oxidation sites excluding steroid dienone is 1. The van der Waals surface area contributed by atoms with Crippen LogP contribution >= 0.6 is 11.6 Å². The Morgan fingerprint density at radius 2 is 2.00 bits per heavy atom. The topological polar surface area (TPSA) is 35.5 Å². The Kier molecular flexibility index (Phi) is 3.10. The number of hydrogen-bond acceptors (Lipinski definition) is 3. The number of carbonyl (C=O) groups is 1. The van der Waals surface area contributed by atoms with Gasteiger partial charge in [-0.05, 0) is 37.1 Å². The Hall–Kier alpha value is -1.32. The zero-order chi connectivity index (χ0) is 12.5. The Bertz CT molecular complexity index is 492. The summed E-state index contributed by atoms with van der Waals surface area (Å²) in [6.07, 6.45) is 2.90. The largest absolute Gasteiger partial charge is 0.463 e. The quantitative estimate of drug-likeness (QED) is 0.782. The molecule has 2 aliphatic rings. The number of halogens is 1.